The van der Waals surface area contributed by atoms with Crippen LogP contribution in [0.1, 0.15) is 37.1 Å². The summed E-state index contributed by atoms with van der Waals surface area (Å²) in [4.78, 5) is 4.46. The first-order chi connectivity index (χ1) is 7.66. The van der Waals surface area contributed by atoms with Crippen molar-refractivity contribution in [2.24, 2.45) is 0 Å². The van der Waals surface area contributed by atoms with E-state index in [9.17, 15) is 5.11 Å². The monoisotopic (exact) mass is 219 g/mol. The van der Waals surface area contributed by atoms with Gasteiger partial charge in [0.05, 0.1) is 17.9 Å². The van der Waals surface area contributed by atoms with E-state index in [0.29, 0.717) is 12.8 Å². The molecule has 2 atom stereocenters. The number of aliphatic hydroxyl groups is 1. The predicted molar refractivity (Wildman–Crippen MR) is 60.0 cm³/mol. The predicted octanol–water partition coefficient (Wildman–Crippen LogP) is 1.92. The molecule has 0 aliphatic carbocycles. The molecule has 0 amide bonds. The Bertz CT molecular complexity index is 393. The highest BCUT2D eigenvalue weighted by Crippen LogP contribution is 2.43. The molecule has 2 unspecified atom stereocenters. The Morgan fingerprint density at radius 1 is 1.31 bits per heavy atom. The van der Waals surface area contributed by atoms with Crippen LogP contribution in [0.2, 0.25) is 0 Å². The normalized spacial score (nSPS) is 37.6. The first-order valence-corrected chi connectivity index (χ1v) is 5.98. The van der Waals surface area contributed by atoms with Crippen LogP contribution in [0.15, 0.2) is 18.2 Å². The van der Waals surface area contributed by atoms with Crippen LogP contribution in [0.5, 0.6) is 0 Å². The quantitative estimate of drug-likeness (QED) is 0.784. The second kappa shape index (κ2) is 3.54. The highest BCUT2D eigenvalue weighted by molar-refractivity contribution is 5.18. The van der Waals surface area contributed by atoms with Gasteiger partial charge in [-0.25, -0.2) is 0 Å². The molecule has 3 rings (SSSR count). The summed E-state index contributed by atoms with van der Waals surface area (Å²) in [7, 11) is 0. The van der Waals surface area contributed by atoms with Gasteiger partial charge < -0.3 is 9.84 Å². The topological polar surface area (TPSA) is 42.4 Å². The molecule has 3 nitrogen and oxygen atoms in total. The molecule has 0 radical (unpaired) electrons. The van der Waals surface area contributed by atoms with E-state index in [-0.39, 0.29) is 12.2 Å². The van der Waals surface area contributed by atoms with Gasteiger partial charge in [0.1, 0.15) is 5.60 Å². The maximum atomic E-state index is 10.7. The van der Waals surface area contributed by atoms with Crippen molar-refractivity contribution in [3.05, 3.63) is 29.6 Å². The largest absolute Gasteiger partial charge is 0.383 e. The van der Waals surface area contributed by atoms with E-state index in [1.807, 2.05) is 25.1 Å². The zero-order chi connectivity index (χ0) is 11.2. The summed E-state index contributed by atoms with van der Waals surface area (Å²) in [5, 5.41) is 10.7. The fraction of sp³-hybridized carbons (Fsp3) is 0.615. The number of hydrogen-bond donors (Lipinski definition) is 1. The van der Waals surface area contributed by atoms with Crippen LogP contribution < -0.4 is 0 Å². The van der Waals surface area contributed by atoms with Gasteiger partial charge in [0.15, 0.2) is 0 Å². The summed E-state index contributed by atoms with van der Waals surface area (Å²) in [5.41, 5.74) is 1.01. The van der Waals surface area contributed by atoms with Gasteiger partial charge >= 0.3 is 0 Å². The minimum absolute atomic E-state index is 0.228. The smallest absolute Gasteiger partial charge is 0.111 e. The molecule has 86 valence electrons. The number of aryl methyl sites for hydroxylation is 1. The van der Waals surface area contributed by atoms with Gasteiger partial charge in [0.25, 0.3) is 0 Å². The Morgan fingerprint density at radius 3 is 2.62 bits per heavy atom. The lowest BCUT2D eigenvalue weighted by atomic mass is 9.86. The van der Waals surface area contributed by atoms with Gasteiger partial charge in [0, 0.05) is 18.5 Å². The number of nitrogens with zero attached hydrogens (tertiary/aromatic N) is 1. The van der Waals surface area contributed by atoms with Gasteiger partial charge in [-0.1, -0.05) is 6.07 Å². The summed E-state index contributed by atoms with van der Waals surface area (Å²) in [6.45, 7) is 1.96. The fourth-order valence-corrected chi connectivity index (χ4v) is 2.93. The lowest BCUT2D eigenvalue weighted by molar-refractivity contribution is -0.117. The van der Waals surface area contributed by atoms with Crippen LogP contribution in [-0.2, 0) is 10.3 Å². The number of fused-ring (bicyclic) bond motifs is 2. The van der Waals surface area contributed by atoms with Crippen molar-refractivity contribution in [1.29, 1.82) is 0 Å². The van der Waals surface area contributed by atoms with Gasteiger partial charge in [-0.2, -0.15) is 0 Å². The van der Waals surface area contributed by atoms with Crippen LogP contribution >= 0.6 is 0 Å². The minimum Gasteiger partial charge on any atom is -0.383 e. The molecule has 16 heavy (non-hydrogen) atoms. The Hall–Kier alpha value is -0.930. The second-order valence-electron chi connectivity index (χ2n) is 5.06. The van der Waals surface area contributed by atoms with Crippen LogP contribution in [0, 0.1) is 6.92 Å². The van der Waals surface area contributed by atoms with E-state index in [1.54, 1.807) is 0 Å². The summed E-state index contributed by atoms with van der Waals surface area (Å²) in [6, 6.07) is 5.85. The van der Waals surface area contributed by atoms with Gasteiger partial charge in [-0.15, -0.1) is 0 Å². The summed E-state index contributed by atoms with van der Waals surface area (Å²) in [5.74, 6) is 0. The lowest BCUT2D eigenvalue weighted by Crippen LogP contribution is -2.39. The number of ether oxygens (including phenoxy) is 1. The summed E-state index contributed by atoms with van der Waals surface area (Å²) >= 11 is 0. The molecule has 2 aliphatic heterocycles. The third kappa shape index (κ3) is 1.64. The highest BCUT2D eigenvalue weighted by atomic mass is 16.5. The average Bonchev–Trinajstić information content (AvgIpc) is 2.59. The van der Waals surface area contributed by atoms with E-state index in [1.165, 1.54) is 0 Å². The highest BCUT2D eigenvalue weighted by Gasteiger charge is 2.45. The van der Waals surface area contributed by atoms with E-state index in [2.05, 4.69) is 4.98 Å². The van der Waals surface area contributed by atoms with Gasteiger partial charge in [-0.05, 0) is 31.9 Å². The average molecular weight is 219 g/mol. The second-order valence-corrected chi connectivity index (χ2v) is 5.06. The van der Waals surface area contributed by atoms with Gasteiger partial charge in [0.2, 0.25) is 0 Å². The third-order valence-electron chi connectivity index (χ3n) is 3.69. The fourth-order valence-electron chi connectivity index (χ4n) is 2.93. The molecular weight excluding hydrogens is 202 g/mol. The molecule has 2 saturated heterocycles. The van der Waals surface area contributed by atoms with E-state index < -0.39 is 5.60 Å². The van der Waals surface area contributed by atoms with E-state index in [4.69, 9.17) is 4.74 Å². The van der Waals surface area contributed by atoms with Crippen molar-refractivity contribution in [2.45, 2.75) is 50.4 Å². The van der Waals surface area contributed by atoms with Crippen LogP contribution in [-0.4, -0.2) is 22.3 Å². The molecule has 3 heterocycles. The summed E-state index contributed by atoms with van der Waals surface area (Å²) in [6.07, 6.45) is 4.01. The molecule has 1 aromatic heterocycles. The van der Waals surface area contributed by atoms with Crippen LogP contribution in [0.25, 0.3) is 0 Å². The van der Waals surface area contributed by atoms with Crippen molar-refractivity contribution in [3.8, 4) is 0 Å². The van der Waals surface area contributed by atoms with Crippen molar-refractivity contribution in [1.82, 2.24) is 4.98 Å². The Balaban J connectivity index is 1.93. The molecule has 0 saturated carbocycles. The van der Waals surface area contributed by atoms with Gasteiger partial charge in [-0.3, -0.25) is 4.98 Å². The van der Waals surface area contributed by atoms with Crippen molar-refractivity contribution >= 4 is 0 Å². The standard InChI is InChI=1S/C13H17NO2/c1-9-3-2-4-12(14-9)13(15)7-10-5-6-11(8-13)16-10/h2-4,10-11,15H,5-8H2,1H3. The van der Waals surface area contributed by atoms with E-state index >= 15 is 0 Å². The molecule has 0 aromatic carbocycles. The Labute approximate surface area is 95.5 Å². The van der Waals surface area contributed by atoms with Crippen LogP contribution in [0.3, 0.4) is 0 Å². The van der Waals surface area contributed by atoms with Crippen molar-refractivity contribution < 1.29 is 9.84 Å². The SMILES string of the molecule is Cc1cccc(C2(O)CC3CCC(C2)O3)n1. The minimum atomic E-state index is -0.768. The number of rotatable bonds is 1. The molecular formula is C13H17NO2. The molecule has 3 heteroatoms. The Kier molecular flexibility index (Phi) is 2.26. The van der Waals surface area contributed by atoms with Crippen molar-refractivity contribution in [3.63, 3.8) is 0 Å². The summed E-state index contributed by atoms with van der Waals surface area (Å²) < 4.78 is 5.76. The molecule has 2 aliphatic rings. The zero-order valence-electron chi connectivity index (χ0n) is 9.52. The van der Waals surface area contributed by atoms with Crippen LogP contribution in [0.4, 0.5) is 0 Å². The number of aromatic nitrogens is 1. The number of pyridine rings is 1. The van der Waals surface area contributed by atoms with Crippen molar-refractivity contribution in [2.75, 3.05) is 0 Å². The lowest BCUT2D eigenvalue weighted by Gasteiger charge is -2.36. The molecule has 2 bridgehead atoms. The third-order valence-corrected chi connectivity index (χ3v) is 3.69. The molecule has 2 fully saturated rings. The molecule has 1 aromatic rings. The molecule has 1 N–H and O–H groups in total. The Morgan fingerprint density at radius 2 is 2.00 bits per heavy atom. The number of hydrogen-bond acceptors (Lipinski definition) is 3. The zero-order valence-corrected chi connectivity index (χ0v) is 9.52. The maximum Gasteiger partial charge on any atom is 0.111 e. The maximum absolute atomic E-state index is 10.7. The van der Waals surface area contributed by atoms with E-state index in [0.717, 1.165) is 24.2 Å². The first kappa shape index (κ1) is 10.2. The molecule has 0 spiro atoms. The first-order valence-electron chi connectivity index (χ1n) is 5.98.